The Hall–Kier alpha value is -1.90. The van der Waals surface area contributed by atoms with Crippen LogP contribution in [-0.4, -0.2) is 33.4 Å². The second kappa shape index (κ2) is 7.50. The number of alkyl halides is 3. The molecule has 0 spiro atoms. The number of aliphatic hydroxyl groups is 1. The van der Waals surface area contributed by atoms with E-state index in [4.69, 9.17) is 0 Å². The minimum atomic E-state index is -4.34. The third kappa shape index (κ3) is 4.09. The highest BCUT2D eigenvalue weighted by Gasteiger charge is 2.37. The summed E-state index contributed by atoms with van der Waals surface area (Å²) in [6, 6.07) is 11.4. The van der Waals surface area contributed by atoms with Crippen molar-refractivity contribution >= 4 is 17.4 Å². The molecule has 150 valence electrons. The van der Waals surface area contributed by atoms with Gasteiger partial charge in [-0.05, 0) is 72.5 Å². The molecular formula is C20H21F3N2O2S. The number of benzene rings is 2. The summed E-state index contributed by atoms with van der Waals surface area (Å²) in [7, 11) is 0. The fourth-order valence-electron chi connectivity index (χ4n) is 4.15. The highest BCUT2D eigenvalue weighted by molar-refractivity contribution is 8.00. The lowest BCUT2D eigenvalue weighted by Gasteiger charge is -2.39. The van der Waals surface area contributed by atoms with E-state index in [0.717, 1.165) is 23.2 Å². The fourth-order valence-corrected chi connectivity index (χ4v) is 4.74. The smallest absolute Gasteiger partial charge is 0.446 e. The second-order valence-corrected chi connectivity index (χ2v) is 8.34. The molecule has 1 fully saturated rings. The van der Waals surface area contributed by atoms with Gasteiger partial charge in [0, 0.05) is 23.2 Å². The SMILES string of the molecule is Oc1cccc([C@@H]2C[C@H](N3CCCC3O)c3cc(SC(F)(F)F)ccc3N2)c1. The van der Waals surface area contributed by atoms with Crippen LogP contribution in [0.25, 0.3) is 0 Å². The van der Waals surface area contributed by atoms with Crippen molar-refractivity contribution < 1.29 is 23.4 Å². The number of nitrogens with zero attached hydrogens (tertiary/aromatic N) is 1. The Labute approximate surface area is 165 Å². The Morgan fingerprint density at radius 1 is 1.14 bits per heavy atom. The fraction of sp³-hybridized carbons (Fsp3) is 0.400. The molecule has 1 saturated heterocycles. The van der Waals surface area contributed by atoms with E-state index >= 15 is 0 Å². The van der Waals surface area contributed by atoms with E-state index in [9.17, 15) is 23.4 Å². The first-order chi connectivity index (χ1) is 13.3. The van der Waals surface area contributed by atoms with Gasteiger partial charge in [0.05, 0.1) is 6.04 Å². The van der Waals surface area contributed by atoms with Crippen molar-refractivity contribution in [3.63, 3.8) is 0 Å². The number of aliphatic hydroxyl groups excluding tert-OH is 1. The number of halogens is 3. The number of hydrogen-bond donors (Lipinski definition) is 3. The molecule has 0 saturated carbocycles. The topological polar surface area (TPSA) is 55.7 Å². The molecule has 2 aliphatic rings. The number of thioether (sulfide) groups is 1. The van der Waals surface area contributed by atoms with Crippen LogP contribution >= 0.6 is 11.8 Å². The molecule has 0 amide bonds. The quantitative estimate of drug-likeness (QED) is 0.621. The second-order valence-electron chi connectivity index (χ2n) is 7.20. The van der Waals surface area contributed by atoms with Crippen molar-refractivity contribution in [2.45, 2.75) is 48.0 Å². The molecule has 2 aromatic rings. The molecule has 4 rings (SSSR count). The van der Waals surface area contributed by atoms with E-state index in [1.54, 1.807) is 30.3 Å². The predicted molar refractivity (Wildman–Crippen MR) is 102 cm³/mol. The van der Waals surface area contributed by atoms with Gasteiger partial charge in [-0.2, -0.15) is 13.2 Å². The van der Waals surface area contributed by atoms with Gasteiger partial charge in [0.15, 0.2) is 0 Å². The number of phenols is 1. The summed E-state index contributed by atoms with van der Waals surface area (Å²) in [6.45, 7) is 0.703. The van der Waals surface area contributed by atoms with Crippen molar-refractivity contribution in [1.82, 2.24) is 4.90 Å². The van der Waals surface area contributed by atoms with Crippen LogP contribution in [0.3, 0.4) is 0 Å². The average Bonchev–Trinajstić information content (AvgIpc) is 3.05. The number of anilines is 1. The van der Waals surface area contributed by atoms with Gasteiger partial charge in [-0.3, -0.25) is 4.90 Å². The van der Waals surface area contributed by atoms with E-state index in [2.05, 4.69) is 5.32 Å². The standard InChI is InChI=1S/C20H21F3N2O2S/c21-20(22,23)28-14-6-7-16-15(10-14)18(25-8-2-5-19(25)27)11-17(24-16)12-3-1-4-13(26)9-12/h1,3-4,6-7,9-10,17-19,24,26-27H,2,5,8,11H2/t17-,18-,19?/m0/s1. The Balaban J connectivity index is 1.71. The third-order valence-corrected chi connectivity index (χ3v) is 6.06. The van der Waals surface area contributed by atoms with Crippen LogP contribution in [0.4, 0.5) is 18.9 Å². The van der Waals surface area contributed by atoms with E-state index in [1.165, 1.54) is 6.07 Å². The number of nitrogens with one attached hydrogen (secondary N) is 1. The molecule has 0 bridgehead atoms. The first-order valence-electron chi connectivity index (χ1n) is 9.19. The lowest BCUT2D eigenvalue weighted by molar-refractivity contribution is -0.0328. The number of likely N-dealkylation sites (tertiary alicyclic amines) is 1. The Bertz CT molecular complexity index is 862. The first-order valence-corrected chi connectivity index (χ1v) is 10.0. The van der Waals surface area contributed by atoms with E-state index < -0.39 is 11.7 Å². The van der Waals surface area contributed by atoms with Gasteiger partial charge in [0.25, 0.3) is 0 Å². The van der Waals surface area contributed by atoms with Crippen LogP contribution in [0.2, 0.25) is 0 Å². The van der Waals surface area contributed by atoms with Gasteiger partial charge >= 0.3 is 5.51 Å². The minimum absolute atomic E-state index is 0.112. The Morgan fingerprint density at radius 3 is 2.64 bits per heavy atom. The van der Waals surface area contributed by atoms with Crippen molar-refractivity contribution in [3.05, 3.63) is 53.6 Å². The zero-order chi connectivity index (χ0) is 19.9. The predicted octanol–water partition coefficient (Wildman–Crippen LogP) is 5.02. The number of fused-ring (bicyclic) bond motifs is 1. The average molecular weight is 410 g/mol. The summed E-state index contributed by atoms with van der Waals surface area (Å²) in [5, 5.41) is 23.6. The molecule has 8 heteroatoms. The van der Waals surface area contributed by atoms with Gasteiger partial charge in [0.2, 0.25) is 0 Å². The highest BCUT2D eigenvalue weighted by atomic mass is 32.2. The molecular weight excluding hydrogens is 389 g/mol. The van der Waals surface area contributed by atoms with E-state index in [1.807, 2.05) is 11.0 Å². The molecule has 2 heterocycles. The number of aromatic hydroxyl groups is 1. The summed E-state index contributed by atoms with van der Waals surface area (Å²) >= 11 is -0.124. The zero-order valence-corrected chi connectivity index (χ0v) is 15.8. The van der Waals surface area contributed by atoms with Crippen molar-refractivity contribution in [2.75, 3.05) is 11.9 Å². The van der Waals surface area contributed by atoms with Crippen molar-refractivity contribution in [3.8, 4) is 5.75 Å². The Morgan fingerprint density at radius 2 is 1.96 bits per heavy atom. The lowest BCUT2D eigenvalue weighted by Crippen LogP contribution is -2.37. The molecule has 1 unspecified atom stereocenters. The van der Waals surface area contributed by atoms with Crippen LogP contribution in [0.5, 0.6) is 5.75 Å². The summed E-state index contributed by atoms with van der Waals surface area (Å²) in [5.74, 6) is 0.166. The van der Waals surface area contributed by atoms with Gasteiger partial charge in [-0.15, -0.1) is 0 Å². The third-order valence-electron chi connectivity index (χ3n) is 5.34. The molecule has 0 aliphatic carbocycles. The maximum Gasteiger partial charge on any atom is 0.446 e. The molecule has 2 aromatic carbocycles. The summed E-state index contributed by atoms with van der Waals surface area (Å²) in [4.78, 5) is 2.11. The molecule has 4 nitrogen and oxygen atoms in total. The normalized spacial score (nSPS) is 25.4. The minimum Gasteiger partial charge on any atom is -0.508 e. The largest absolute Gasteiger partial charge is 0.508 e. The van der Waals surface area contributed by atoms with Crippen LogP contribution in [-0.2, 0) is 0 Å². The molecule has 0 aromatic heterocycles. The first kappa shape index (κ1) is 19.4. The Kier molecular flexibility index (Phi) is 5.20. The molecule has 0 radical (unpaired) electrons. The van der Waals surface area contributed by atoms with Gasteiger partial charge in [0.1, 0.15) is 12.0 Å². The summed E-state index contributed by atoms with van der Waals surface area (Å²) in [5.41, 5.74) is -1.91. The van der Waals surface area contributed by atoms with Crippen LogP contribution in [0.1, 0.15) is 42.5 Å². The summed E-state index contributed by atoms with van der Waals surface area (Å²) < 4.78 is 38.5. The van der Waals surface area contributed by atoms with Crippen LogP contribution in [0, 0.1) is 0 Å². The van der Waals surface area contributed by atoms with Gasteiger partial charge < -0.3 is 15.5 Å². The summed E-state index contributed by atoms with van der Waals surface area (Å²) in [6.07, 6.45) is 1.51. The highest BCUT2D eigenvalue weighted by Crippen LogP contribution is 2.47. The zero-order valence-electron chi connectivity index (χ0n) is 15.0. The maximum absolute atomic E-state index is 12.8. The number of phenolic OH excluding ortho intramolecular Hbond substituents is 1. The maximum atomic E-state index is 12.8. The molecule has 3 atom stereocenters. The van der Waals surface area contributed by atoms with E-state index in [0.29, 0.717) is 19.4 Å². The van der Waals surface area contributed by atoms with Gasteiger partial charge in [-0.1, -0.05) is 12.1 Å². The van der Waals surface area contributed by atoms with Crippen molar-refractivity contribution in [1.29, 1.82) is 0 Å². The molecule has 2 aliphatic heterocycles. The number of rotatable bonds is 3. The molecule has 28 heavy (non-hydrogen) atoms. The van der Waals surface area contributed by atoms with Crippen LogP contribution < -0.4 is 5.32 Å². The van der Waals surface area contributed by atoms with E-state index in [-0.39, 0.29) is 34.5 Å². The monoisotopic (exact) mass is 410 g/mol. The van der Waals surface area contributed by atoms with Crippen LogP contribution in [0.15, 0.2) is 47.4 Å². The van der Waals surface area contributed by atoms with Crippen molar-refractivity contribution in [2.24, 2.45) is 0 Å². The number of hydrogen-bond acceptors (Lipinski definition) is 5. The molecule has 3 N–H and O–H groups in total. The lowest BCUT2D eigenvalue weighted by atomic mass is 9.88. The van der Waals surface area contributed by atoms with Gasteiger partial charge in [-0.25, -0.2) is 0 Å².